The van der Waals surface area contributed by atoms with Crippen molar-refractivity contribution in [2.75, 3.05) is 12.8 Å². The lowest BCUT2D eigenvalue weighted by atomic mass is 10.3. The largest absolute Gasteiger partial charge is 0.349 e. The smallest absolute Gasteiger partial charge is 0.271 e. The Morgan fingerprint density at radius 3 is 3.00 bits per heavy atom. The Kier molecular flexibility index (Phi) is 3.54. The van der Waals surface area contributed by atoms with Crippen LogP contribution in [0.25, 0.3) is 0 Å². The lowest BCUT2D eigenvalue weighted by Gasteiger charge is -2.12. The van der Waals surface area contributed by atoms with Gasteiger partial charge in [-0.15, -0.1) is 0 Å². The second-order valence-corrected chi connectivity index (χ2v) is 6.03. The predicted molar refractivity (Wildman–Crippen MR) is 69.8 cm³/mol. The summed E-state index contributed by atoms with van der Waals surface area (Å²) in [6.07, 6.45) is 6.10. The van der Waals surface area contributed by atoms with Crippen molar-refractivity contribution in [2.24, 2.45) is 0 Å². The lowest BCUT2D eigenvalue weighted by molar-refractivity contribution is 0.0947. The van der Waals surface area contributed by atoms with E-state index in [1.165, 1.54) is 12.8 Å². The first-order chi connectivity index (χ1) is 7.67. The third-order valence-corrected chi connectivity index (χ3v) is 4.84. The van der Waals surface area contributed by atoms with Crippen LogP contribution in [0.15, 0.2) is 22.8 Å². The third-order valence-electron chi connectivity index (χ3n) is 2.79. The molecule has 0 radical (unpaired) electrons. The van der Waals surface area contributed by atoms with E-state index in [0.717, 1.165) is 11.0 Å². The van der Waals surface area contributed by atoms with Crippen molar-refractivity contribution in [1.82, 2.24) is 10.3 Å². The zero-order valence-electron chi connectivity index (χ0n) is 9.00. The molecule has 3 nitrogen and oxygen atoms in total. The number of hydrogen-bond acceptors (Lipinski definition) is 3. The molecular formula is C11H13BrN2OS. The Morgan fingerprint density at radius 2 is 2.44 bits per heavy atom. The van der Waals surface area contributed by atoms with Crippen LogP contribution >= 0.6 is 27.7 Å². The number of halogens is 1. The molecule has 16 heavy (non-hydrogen) atoms. The van der Waals surface area contributed by atoms with Gasteiger partial charge in [0.1, 0.15) is 5.69 Å². The van der Waals surface area contributed by atoms with Gasteiger partial charge in [-0.3, -0.25) is 4.79 Å². The van der Waals surface area contributed by atoms with E-state index in [9.17, 15) is 4.79 Å². The Bertz CT molecular complexity index is 407. The number of rotatable bonds is 4. The molecule has 1 aliphatic rings. The molecule has 0 unspecified atom stereocenters. The van der Waals surface area contributed by atoms with Gasteiger partial charge in [-0.1, -0.05) is 0 Å². The molecule has 86 valence electrons. The summed E-state index contributed by atoms with van der Waals surface area (Å²) >= 11 is 5.15. The molecule has 1 aliphatic carbocycles. The molecule has 5 heteroatoms. The molecule has 1 amide bonds. The minimum absolute atomic E-state index is 0.104. The van der Waals surface area contributed by atoms with Crippen LogP contribution in [0, 0.1) is 0 Å². The van der Waals surface area contributed by atoms with Gasteiger partial charge in [-0.2, -0.15) is 11.8 Å². The molecule has 1 aromatic rings. The van der Waals surface area contributed by atoms with Crippen molar-refractivity contribution in [1.29, 1.82) is 0 Å². The van der Waals surface area contributed by atoms with Crippen LogP contribution in [0.5, 0.6) is 0 Å². The van der Waals surface area contributed by atoms with Gasteiger partial charge >= 0.3 is 0 Å². The average Bonchev–Trinajstić information content (AvgIpc) is 3.07. The standard InChI is InChI=1S/C11H13BrN2OS/c1-16-11(4-5-11)7-14-10(15)9-8(12)3-2-6-13-9/h2-3,6H,4-5,7H2,1H3,(H,14,15). The highest BCUT2D eigenvalue weighted by Crippen LogP contribution is 2.46. The van der Waals surface area contributed by atoms with Gasteiger partial charge in [-0.25, -0.2) is 4.98 Å². The molecule has 0 aliphatic heterocycles. The number of carbonyl (C=O) groups is 1. The first-order valence-electron chi connectivity index (χ1n) is 5.11. The van der Waals surface area contributed by atoms with E-state index >= 15 is 0 Å². The van der Waals surface area contributed by atoms with Crippen molar-refractivity contribution in [3.8, 4) is 0 Å². The Hall–Kier alpha value is -0.550. The van der Waals surface area contributed by atoms with Crippen LogP contribution in [0.2, 0.25) is 0 Å². The highest BCUT2D eigenvalue weighted by atomic mass is 79.9. The molecule has 1 N–H and O–H groups in total. The SMILES string of the molecule is CSC1(CNC(=O)c2ncccc2Br)CC1. The second kappa shape index (κ2) is 4.75. The van der Waals surface area contributed by atoms with E-state index in [4.69, 9.17) is 0 Å². The summed E-state index contributed by atoms with van der Waals surface area (Å²) in [6, 6.07) is 3.62. The number of hydrogen-bond donors (Lipinski definition) is 1. The summed E-state index contributed by atoms with van der Waals surface area (Å²) in [5, 5.41) is 2.94. The summed E-state index contributed by atoms with van der Waals surface area (Å²) in [6.45, 7) is 0.732. The number of pyridine rings is 1. The van der Waals surface area contributed by atoms with E-state index in [1.54, 1.807) is 12.3 Å². The maximum atomic E-state index is 11.8. The fraction of sp³-hybridized carbons (Fsp3) is 0.455. The van der Waals surface area contributed by atoms with Gasteiger partial charge in [0.25, 0.3) is 5.91 Å². The summed E-state index contributed by atoms with van der Waals surface area (Å²) in [7, 11) is 0. The van der Waals surface area contributed by atoms with E-state index in [1.807, 2.05) is 17.8 Å². The van der Waals surface area contributed by atoms with Crippen molar-refractivity contribution >= 4 is 33.6 Å². The predicted octanol–water partition coefficient (Wildman–Crippen LogP) is 2.47. The van der Waals surface area contributed by atoms with Gasteiger partial charge in [0.05, 0.1) is 0 Å². The summed E-state index contributed by atoms with van der Waals surface area (Å²) in [4.78, 5) is 15.9. The van der Waals surface area contributed by atoms with E-state index in [2.05, 4.69) is 32.5 Å². The molecule has 0 aromatic carbocycles. The summed E-state index contributed by atoms with van der Waals surface area (Å²) in [5.41, 5.74) is 0.458. The zero-order chi connectivity index (χ0) is 11.6. The first-order valence-corrected chi connectivity index (χ1v) is 7.12. The highest BCUT2D eigenvalue weighted by Gasteiger charge is 2.42. The number of amides is 1. The van der Waals surface area contributed by atoms with Gasteiger partial charge in [0.2, 0.25) is 0 Å². The number of thioether (sulfide) groups is 1. The van der Waals surface area contributed by atoms with E-state index in [0.29, 0.717) is 5.69 Å². The van der Waals surface area contributed by atoms with Gasteiger partial charge in [-0.05, 0) is 47.2 Å². The van der Waals surface area contributed by atoms with Crippen LogP contribution in [-0.4, -0.2) is 28.4 Å². The Balaban J connectivity index is 1.96. The molecular weight excluding hydrogens is 288 g/mol. The number of nitrogens with one attached hydrogen (secondary N) is 1. The van der Waals surface area contributed by atoms with E-state index in [-0.39, 0.29) is 10.7 Å². The topological polar surface area (TPSA) is 42.0 Å². The van der Waals surface area contributed by atoms with Gasteiger partial charge < -0.3 is 5.32 Å². The fourth-order valence-corrected chi connectivity index (χ4v) is 2.63. The number of carbonyl (C=O) groups excluding carboxylic acids is 1. The van der Waals surface area contributed by atoms with Crippen molar-refractivity contribution in [3.05, 3.63) is 28.5 Å². The van der Waals surface area contributed by atoms with Crippen molar-refractivity contribution in [2.45, 2.75) is 17.6 Å². The molecule has 2 rings (SSSR count). The van der Waals surface area contributed by atoms with Crippen LogP contribution in [0.4, 0.5) is 0 Å². The van der Waals surface area contributed by atoms with Crippen LogP contribution < -0.4 is 5.32 Å². The molecule has 0 bridgehead atoms. The second-order valence-electron chi connectivity index (χ2n) is 3.90. The zero-order valence-corrected chi connectivity index (χ0v) is 11.4. The first kappa shape index (κ1) is 11.9. The molecule has 0 spiro atoms. The monoisotopic (exact) mass is 300 g/mol. The van der Waals surface area contributed by atoms with Gasteiger partial charge in [0, 0.05) is 22.0 Å². The van der Waals surface area contributed by atoms with Crippen LogP contribution in [-0.2, 0) is 0 Å². The Labute approximate surface area is 108 Å². The Morgan fingerprint density at radius 1 is 1.69 bits per heavy atom. The quantitative estimate of drug-likeness (QED) is 0.929. The number of nitrogens with zero attached hydrogens (tertiary/aromatic N) is 1. The molecule has 1 heterocycles. The van der Waals surface area contributed by atoms with Crippen molar-refractivity contribution in [3.63, 3.8) is 0 Å². The molecule has 1 saturated carbocycles. The van der Waals surface area contributed by atoms with Crippen LogP contribution in [0.3, 0.4) is 0 Å². The third kappa shape index (κ3) is 2.58. The average molecular weight is 301 g/mol. The molecule has 0 atom stereocenters. The maximum Gasteiger partial charge on any atom is 0.271 e. The normalized spacial score (nSPS) is 16.9. The lowest BCUT2D eigenvalue weighted by Crippen LogP contribution is -2.32. The molecule has 0 saturated heterocycles. The van der Waals surface area contributed by atoms with Gasteiger partial charge in [0.15, 0.2) is 0 Å². The minimum atomic E-state index is -0.104. The highest BCUT2D eigenvalue weighted by molar-refractivity contribution is 9.10. The summed E-state index contributed by atoms with van der Waals surface area (Å²) in [5.74, 6) is -0.104. The van der Waals surface area contributed by atoms with Crippen LogP contribution in [0.1, 0.15) is 23.3 Å². The number of aromatic nitrogens is 1. The van der Waals surface area contributed by atoms with E-state index < -0.39 is 0 Å². The molecule has 1 aromatic heterocycles. The summed E-state index contributed by atoms with van der Waals surface area (Å²) < 4.78 is 1.03. The molecule has 1 fully saturated rings. The minimum Gasteiger partial charge on any atom is -0.349 e. The van der Waals surface area contributed by atoms with Crippen molar-refractivity contribution < 1.29 is 4.79 Å². The fourth-order valence-electron chi connectivity index (χ4n) is 1.47. The maximum absolute atomic E-state index is 11.8.